The number of anilines is 1. The van der Waals surface area contributed by atoms with Crippen molar-refractivity contribution in [1.82, 2.24) is 20.2 Å². The van der Waals surface area contributed by atoms with E-state index in [1.54, 1.807) is 6.07 Å². The molecule has 0 amide bonds. The van der Waals surface area contributed by atoms with Gasteiger partial charge in [-0.25, -0.2) is 4.98 Å². The van der Waals surface area contributed by atoms with E-state index in [0.29, 0.717) is 17.8 Å². The molecule has 0 atom stereocenters. The molecule has 0 bridgehead atoms. The van der Waals surface area contributed by atoms with Gasteiger partial charge in [-0.15, -0.1) is 0 Å². The lowest BCUT2D eigenvalue weighted by molar-refractivity contribution is -0.383. The van der Waals surface area contributed by atoms with Crippen molar-refractivity contribution in [3.05, 3.63) is 52.4 Å². The lowest BCUT2D eigenvalue weighted by atomic mass is 10.1. The van der Waals surface area contributed by atoms with E-state index in [1.807, 2.05) is 13.0 Å². The number of nitrogens with zero attached hydrogens (tertiary/aromatic N) is 4. The van der Waals surface area contributed by atoms with Gasteiger partial charge in [0.25, 0.3) is 5.69 Å². The number of benzene rings is 1. The molecule has 0 saturated heterocycles. The molecule has 2 aromatic heterocycles. The minimum atomic E-state index is -0.403. The zero-order chi connectivity index (χ0) is 14.8. The van der Waals surface area contributed by atoms with E-state index in [4.69, 9.17) is 0 Å². The van der Waals surface area contributed by atoms with E-state index in [2.05, 4.69) is 25.5 Å². The molecule has 21 heavy (non-hydrogen) atoms. The number of H-pyrrole nitrogens is 1. The van der Waals surface area contributed by atoms with Crippen molar-refractivity contribution in [2.45, 2.75) is 13.5 Å². The van der Waals surface area contributed by atoms with Crippen molar-refractivity contribution in [3.8, 4) is 0 Å². The van der Waals surface area contributed by atoms with Crippen molar-refractivity contribution in [3.63, 3.8) is 0 Å². The number of hydrogen-bond acceptors (Lipinski definition) is 6. The Labute approximate surface area is 119 Å². The molecule has 106 valence electrons. The number of fused-ring (bicyclic) bond motifs is 1. The third-order valence-electron chi connectivity index (χ3n) is 3.12. The summed E-state index contributed by atoms with van der Waals surface area (Å²) in [7, 11) is 0. The van der Waals surface area contributed by atoms with Crippen molar-refractivity contribution >= 4 is 22.1 Å². The first-order chi connectivity index (χ1) is 10.1. The number of hydrogen-bond donors (Lipinski definition) is 2. The van der Waals surface area contributed by atoms with E-state index in [0.717, 1.165) is 16.8 Å². The number of non-ortho nitro benzene ring substituents is 1. The molecule has 2 N–H and O–H groups in total. The first kappa shape index (κ1) is 13.0. The van der Waals surface area contributed by atoms with E-state index < -0.39 is 4.92 Å². The summed E-state index contributed by atoms with van der Waals surface area (Å²) in [6.07, 6.45) is 2.96. The second-order valence-corrected chi connectivity index (χ2v) is 4.55. The quantitative estimate of drug-likeness (QED) is 0.561. The molecule has 0 aliphatic heterocycles. The first-order valence-electron chi connectivity index (χ1n) is 6.27. The highest BCUT2D eigenvalue weighted by atomic mass is 16.6. The third-order valence-corrected chi connectivity index (χ3v) is 3.12. The Hall–Kier alpha value is -3.03. The van der Waals surface area contributed by atoms with Gasteiger partial charge < -0.3 is 5.32 Å². The summed E-state index contributed by atoms with van der Waals surface area (Å²) in [5.41, 5.74) is 1.63. The van der Waals surface area contributed by atoms with Gasteiger partial charge in [0.05, 0.1) is 16.9 Å². The highest BCUT2D eigenvalue weighted by Gasteiger charge is 2.15. The third kappa shape index (κ3) is 2.50. The van der Waals surface area contributed by atoms with Crippen molar-refractivity contribution in [2.24, 2.45) is 0 Å². The van der Waals surface area contributed by atoms with Crippen LogP contribution >= 0.6 is 0 Å². The fourth-order valence-corrected chi connectivity index (χ4v) is 2.14. The van der Waals surface area contributed by atoms with Crippen LogP contribution in [0.15, 0.2) is 30.7 Å². The highest BCUT2D eigenvalue weighted by molar-refractivity contribution is 5.99. The molecule has 2 heterocycles. The first-order valence-corrected chi connectivity index (χ1v) is 6.27. The number of rotatable bonds is 4. The van der Waals surface area contributed by atoms with E-state index in [-0.39, 0.29) is 5.69 Å². The van der Waals surface area contributed by atoms with Gasteiger partial charge in [-0.3, -0.25) is 20.2 Å². The number of aryl methyl sites for hydroxylation is 1. The number of nitro benzene ring substituents is 1. The van der Waals surface area contributed by atoms with Gasteiger partial charge >= 0.3 is 0 Å². The molecule has 0 fully saturated rings. The summed E-state index contributed by atoms with van der Waals surface area (Å²) in [6, 6.07) is 4.99. The fraction of sp³-hybridized carbons (Fsp3) is 0.154. The Morgan fingerprint density at radius 3 is 2.90 bits per heavy atom. The van der Waals surface area contributed by atoms with Crippen molar-refractivity contribution in [1.29, 1.82) is 0 Å². The molecule has 0 saturated carbocycles. The SMILES string of the molecule is Cc1cc2c(NCc3ncn[nH]3)ccc([N+](=O)[O-])c2cn1. The average molecular weight is 284 g/mol. The molecule has 1 aromatic carbocycles. The molecule has 0 aliphatic rings. The summed E-state index contributed by atoms with van der Waals surface area (Å²) < 4.78 is 0. The predicted molar refractivity (Wildman–Crippen MR) is 76.8 cm³/mol. The molecule has 0 aliphatic carbocycles. The van der Waals surface area contributed by atoms with E-state index in [9.17, 15) is 10.1 Å². The number of nitro groups is 1. The maximum atomic E-state index is 11.1. The maximum Gasteiger partial charge on any atom is 0.278 e. The molecule has 3 rings (SSSR count). The molecular formula is C13H12N6O2. The van der Waals surface area contributed by atoms with Crippen molar-refractivity contribution < 1.29 is 4.92 Å². The zero-order valence-corrected chi connectivity index (χ0v) is 11.2. The van der Waals surface area contributed by atoms with Crippen LogP contribution < -0.4 is 5.32 Å². The fourth-order valence-electron chi connectivity index (χ4n) is 2.14. The normalized spacial score (nSPS) is 10.7. The Morgan fingerprint density at radius 1 is 1.33 bits per heavy atom. The Bertz CT molecular complexity index is 800. The summed E-state index contributed by atoms with van der Waals surface area (Å²) in [4.78, 5) is 18.9. The Morgan fingerprint density at radius 2 is 2.19 bits per heavy atom. The van der Waals surface area contributed by atoms with Gasteiger partial charge in [0, 0.05) is 29.0 Å². The molecule has 3 aromatic rings. The maximum absolute atomic E-state index is 11.1. The van der Waals surface area contributed by atoms with Gasteiger partial charge in [0.15, 0.2) is 0 Å². The minimum absolute atomic E-state index is 0.0442. The smallest absolute Gasteiger partial charge is 0.278 e. The average Bonchev–Trinajstić information content (AvgIpc) is 2.97. The van der Waals surface area contributed by atoms with Crippen LogP contribution in [0, 0.1) is 17.0 Å². The lowest BCUT2D eigenvalue weighted by Gasteiger charge is -2.09. The van der Waals surface area contributed by atoms with Crippen molar-refractivity contribution in [2.75, 3.05) is 5.32 Å². The van der Waals surface area contributed by atoms with Gasteiger partial charge in [-0.2, -0.15) is 5.10 Å². The van der Waals surface area contributed by atoms with Crippen LogP contribution in [0.3, 0.4) is 0 Å². The van der Waals surface area contributed by atoms with Gasteiger partial charge in [0.2, 0.25) is 0 Å². The molecule has 8 nitrogen and oxygen atoms in total. The number of nitrogens with one attached hydrogen (secondary N) is 2. The Kier molecular flexibility index (Phi) is 3.19. The second kappa shape index (κ2) is 5.16. The second-order valence-electron chi connectivity index (χ2n) is 4.55. The lowest BCUT2D eigenvalue weighted by Crippen LogP contribution is -2.03. The largest absolute Gasteiger partial charge is 0.377 e. The number of aromatic amines is 1. The standard InChI is InChI=1S/C13H12N6O2/c1-8-4-9-10(5-14-8)12(19(20)21)3-2-11(9)15-6-13-16-7-17-18-13/h2-5,7,15H,6H2,1H3,(H,16,17,18). The molecule has 0 unspecified atom stereocenters. The van der Waals surface area contributed by atoms with Gasteiger partial charge in [-0.05, 0) is 19.1 Å². The van der Waals surface area contributed by atoms with Gasteiger partial charge in [0.1, 0.15) is 12.2 Å². The van der Waals surface area contributed by atoms with Crippen LogP contribution in [0.4, 0.5) is 11.4 Å². The summed E-state index contributed by atoms with van der Waals surface area (Å²) in [5.74, 6) is 0.687. The molecule has 8 heteroatoms. The Balaban J connectivity index is 2.04. The summed E-state index contributed by atoms with van der Waals surface area (Å²) in [6.45, 7) is 2.30. The summed E-state index contributed by atoms with van der Waals surface area (Å²) in [5, 5.41) is 22.1. The molecule has 0 spiro atoms. The van der Waals surface area contributed by atoms with Crippen LogP contribution in [0.2, 0.25) is 0 Å². The number of aromatic nitrogens is 4. The van der Waals surface area contributed by atoms with Crippen LogP contribution in [-0.4, -0.2) is 25.1 Å². The van der Waals surface area contributed by atoms with E-state index >= 15 is 0 Å². The predicted octanol–water partition coefficient (Wildman–Crippen LogP) is 2.18. The molecular weight excluding hydrogens is 272 g/mol. The summed E-state index contributed by atoms with van der Waals surface area (Å²) >= 11 is 0. The van der Waals surface area contributed by atoms with Gasteiger partial charge in [-0.1, -0.05) is 0 Å². The number of pyridine rings is 1. The topological polar surface area (TPSA) is 110 Å². The highest BCUT2D eigenvalue weighted by Crippen LogP contribution is 2.31. The molecule has 0 radical (unpaired) electrons. The van der Waals surface area contributed by atoms with Crippen LogP contribution in [0.5, 0.6) is 0 Å². The zero-order valence-electron chi connectivity index (χ0n) is 11.2. The van der Waals surface area contributed by atoms with Crippen LogP contribution in [0.25, 0.3) is 10.8 Å². The monoisotopic (exact) mass is 284 g/mol. The minimum Gasteiger partial charge on any atom is -0.377 e. The van der Waals surface area contributed by atoms with Crippen LogP contribution in [-0.2, 0) is 6.54 Å². The van der Waals surface area contributed by atoms with E-state index in [1.165, 1.54) is 18.6 Å². The van der Waals surface area contributed by atoms with Crippen LogP contribution in [0.1, 0.15) is 11.5 Å².